The molecule has 0 spiro atoms. The first-order valence-electron chi connectivity index (χ1n) is 6.11. The Kier molecular flexibility index (Phi) is 4.16. The van der Waals surface area contributed by atoms with Crippen molar-refractivity contribution in [2.45, 2.75) is 6.92 Å². The molecular formula is C12H17N3O4. The summed E-state index contributed by atoms with van der Waals surface area (Å²) in [4.78, 5) is 27.1. The zero-order chi connectivity index (χ0) is 13.8. The van der Waals surface area contributed by atoms with Crippen LogP contribution in [0.5, 0.6) is 0 Å². The number of aryl methyl sites for hydroxylation is 1. The molecule has 0 N–H and O–H groups in total. The van der Waals surface area contributed by atoms with E-state index in [-0.39, 0.29) is 24.1 Å². The summed E-state index contributed by atoms with van der Waals surface area (Å²) in [6.45, 7) is 3.88. The molecule has 7 heteroatoms. The maximum absolute atomic E-state index is 12.1. The van der Waals surface area contributed by atoms with E-state index >= 15 is 0 Å². The van der Waals surface area contributed by atoms with Crippen LogP contribution in [0.25, 0.3) is 0 Å². The molecular weight excluding hydrogens is 250 g/mol. The highest BCUT2D eigenvalue weighted by molar-refractivity contribution is 5.94. The molecule has 1 aliphatic rings. The van der Waals surface area contributed by atoms with Crippen LogP contribution in [0.3, 0.4) is 0 Å². The summed E-state index contributed by atoms with van der Waals surface area (Å²) in [5, 5.41) is 3.67. The third kappa shape index (κ3) is 3.11. The Bertz CT molecular complexity index is 471. The molecule has 1 saturated heterocycles. The number of amides is 2. The van der Waals surface area contributed by atoms with Crippen LogP contribution < -0.4 is 0 Å². The van der Waals surface area contributed by atoms with Crippen molar-refractivity contribution in [2.24, 2.45) is 0 Å². The fraction of sp³-hybridized carbons (Fsp3) is 0.583. The topological polar surface area (TPSA) is 75.9 Å². The number of hydrogen-bond donors (Lipinski definition) is 0. The molecule has 1 aromatic heterocycles. The third-order valence-corrected chi connectivity index (χ3v) is 3.01. The van der Waals surface area contributed by atoms with Crippen molar-refractivity contribution in [3.63, 3.8) is 0 Å². The maximum Gasteiger partial charge on any atom is 0.293 e. The van der Waals surface area contributed by atoms with Gasteiger partial charge in [0.2, 0.25) is 11.7 Å². The number of methoxy groups -OCH3 is 1. The molecule has 0 unspecified atom stereocenters. The molecule has 0 atom stereocenters. The summed E-state index contributed by atoms with van der Waals surface area (Å²) >= 11 is 0. The van der Waals surface area contributed by atoms with Crippen LogP contribution in [0.2, 0.25) is 0 Å². The predicted molar refractivity (Wildman–Crippen MR) is 65.6 cm³/mol. The second-order valence-corrected chi connectivity index (χ2v) is 4.43. The highest BCUT2D eigenvalue weighted by Crippen LogP contribution is 2.10. The van der Waals surface area contributed by atoms with Crippen LogP contribution in [0.4, 0.5) is 0 Å². The van der Waals surface area contributed by atoms with E-state index in [4.69, 9.17) is 9.26 Å². The number of aromatic nitrogens is 1. The van der Waals surface area contributed by atoms with Crippen LogP contribution in [0.1, 0.15) is 16.2 Å². The van der Waals surface area contributed by atoms with Crippen LogP contribution in [0.15, 0.2) is 10.6 Å². The van der Waals surface area contributed by atoms with Crippen LogP contribution >= 0.6 is 0 Å². The van der Waals surface area contributed by atoms with Crippen LogP contribution in [-0.4, -0.2) is 66.7 Å². The van der Waals surface area contributed by atoms with Gasteiger partial charge in [-0.2, -0.15) is 0 Å². The SMILES string of the molecule is COCCN1CCN(C(=O)c2cc(C)no2)CC1=O. The Morgan fingerprint density at radius 1 is 1.53 bits per heavy atom. The summed E-state index contributed by atoms with van der Waals surface area (Å²) in [5.74, 6) is -0.191. The smallest absolute Gasteiger partial charge is 0.293 e. The van der Waals surface area contributed by atoms with Gasteiger partial charge in [0.05, 0.1) is 12.3 Å². The van der Waals surface area contributed by atoms with Gasteiger partial charge in [-0.05, 0) is 6.92 Å². The molecule has 0 radical (unpaired) electrons. The van der Waals surface area contributed by atoms with Gasteiger partial charge in [0.25, 0.3) is 5.91 Å². The largest absolute Gasteiger partial charge is 0.383 e. The van der Waals surface area contributed by atoms with Gasteiger partial charge in [0.1, 0.15) is 6.54 Å². The standard InChI is InChI=1S/C12H17N3O4/c1-9-7-10(19-13-9)12(17)15-4-3-14(5-6-18-2)11(16)8-15/h7H,3-6,8H2,1-2H3. The molecule has 7 nitrogen and oxygen atoms in total. The zero-order valence-corrected chi connectivity index (χ0v) is 11.1. The number of carbonyl (C=O) groups is 2. The van der Waals surface area contributed by atoms with Crippen LogP contribution in [0, 0.1) is 6.92 Å². The van der Waals surface area contributed by atoms with E-state index in [1.807, 2.05) is 0 Å². The molecule has 0 aromatic carbocycles. The van der Waals surface area contributed by atoms with Crippen molar-refractivity contribution in [1.29, 1.82) is 0 Å². The number of ether oxygens (including phenoxy) is 1. The van der Waals surface area contributed by atoms with E-state index < -0.39 is 0 Å². The average molecular weight is 267 g/mol. The van der Waals surface area contributed by atoms with Gasteiger partial charge in [0, 0.05) is 32.8 Å². The number of hydrogen-bond acceptors (Lipinski definition) is 5. The number of nitrogens with zero attached hydrogens (tertiary/aromatic N) is 3. The van der Waals surface area contributed by atoms with E-state index in [9.17, 15) is 9.59 Å². The van der Waals surface area contributed by atoms with Crippen molar-refractivity contribution in [1.82, 2.24) is 15.0 Å². The van der Waals surface area contributed by atoms with Gasteiger partial charge < -0.3 is 19.1 Å². The van der Waals surface area contributed by atoms with Gasteiger partial charge in [0.15, 0.2) is 0 Å². The number of rotatable bonds is 4. The summed E-state index contributed by atoms with van der Waals surface area (Å²) in [6.07, 6.45) is 0. The van der Waals surface area contributed by atoms with E-state index in [0.717, 1.165) is 0 Å². The molecule has 19 heavy (non-hydrogen) atoms. The first kappa shape index (κ1) is 13.5. The van der Waals surface area contributed by atoms with E-state index in [2.05, 4.69) is 5.16 Å². The quantitative estimate of drug-likeness (QED) is 0.762. The Balaban J connectivity index is 1.94. The molecule has 0 aliphatic carbocycles. The lowest BCUT2D eigenvalue weighted by atomic mass is 10.2. The van der Waals surface area contributed by atoms with Crippen molar-refractivity contribution in [2.75, 3.05) is 39.9 Å². The van der Waals surface area contributed by atoms with Crippen molar-refractivity contribution in [3.8, 4) is 0 Å². The minimum Gasteiger partial charge on any atom is -0.383 e. The van der Waals surface area contributed by atoms with Crippen molar-refractivity contribution in [3.05, 3.63) is 17.5 Å². The molecule has 0 bridgehead atoms. The second-order valence-electron chi connectivity index (χ2n) is 4.43. The fourth-order valence-electron chi connectivity index (χ4n) is 1.94. The summed E-state index contributed by atoms with van der Waals surface area (Å²) in [5.41, 5.74) is 0.647. The lowest BCUT2D eigenvalue weighted by Crippen LogP contribution is -2.52. The average Bonchev–Trinajstić information content (AvgIpc) is 2.83. The first-order chi connectivity index (χ1) is 9.11. The van der Waals surface area contributed by atoms with Gasteiger partial charge in [-0.3, -0.25) is 9.59 Å². The molecule has 2 heterocycles. The monoisotopic (exact) mass is 267 g/mol. The van der Waals surface area contributed by atoms with E-state index in [0.29, 0.717) is 31.9 Å². The van der Waals surface area contributed by atoms with E-state index in [1.165, 1.54) is 4.90 Å². The van der Waals surface area contributed by atoms with Gasteiger partial charge in [-0.15, -0.1) is 0 Å². The molecule has 2 rings (SSSR count). The minimum absolute atomic E-state index is 0.0717. The second kappa shape index (κ2) is 5.83. The summed E-state index contributed by atoms with van der Waals surface area (Å²) in [7, 11) is 1.59. The lowest BCUT2D eigenvalue weighted by Gasteiger charge is -2.33. The van der Waals surface area contributed by atoms with Gasteiger partial charge in [-0.25, -0.2) is 0 Å². The highest BCUT2D eigenvalue weighted by atomic mass is 16.5. The lowest BCUT2D eigenvalue weighted by molar-refractivity contribution is -0.135. The Morgan fingerprint density at radius 3 is 2.89 bits per heavy atom. The Hall–Kier alpha value is -1.89. The maximum atomic E-state index is 12.1. The minimum atomic E-state index is -0.291. The third-order valence-electron chi connectivity index (χ3n) is 3.01. The predicted octanol–water partition coefficient (Wildman–Crippen LogP) is -0.0862. The normalized spacial score (nSPS) is 16.0. The molecule has 1 aliphatic heterocycles. The summed E-state index contributed by atoms with van der Waals surface area (Å²) < 4.78 is 9.86. The van der Waals surface area contributed by atoms with Crippen molar-refractivity contribution < 1.29 is 18.8 Å². The molecule has 2 amide bonds. The number of carbonyl (C=O) groups excluding carboxylic acids is 2. The van der Waals surface area contributed by atoms with E-state index in [1.54, 1.807) is 25.0 Å². The first-order valence-corrected chi connectivity index (χ1v) is 6.11. The van der Waals surface area contributed by atoms with Gasteiger partial charge >= 0.3 is 0 Å². The van der Waals surface area contributed by atoms with Crippen molar-refractivity contribution >= 4 is 11.8 Å². The van der Waals surface area contributed by atoms with Crippen LogP contribution in [-0.2, 0) is 9.53 Å². The summed E-state index contributed by atoms with van der Waals surface area (Å²) in [6, 6.07) is 1.57. The molecule has 0 saturated carbocycles. The molecule has 1 fully saturated rings. The molecule has 104 valence electrons. The van der Waals surface area contributed by atoms with Gasteiger partial charge in [-0.1, -0.05) is 5.16 Å². The molecule has 1 aromatic rings. The fourth-order valence-corrected chi connectivity index (χ4v) is 1.94. The number of piperazine rings is 1. The Morgan fingerprint density at radius 2 is 2.32 bits per heavy atom. The Labute approximate surface area is 111 Å². The highest BCUT2D eigenvalue weighted by Gasteiger charge is 2.29. The zero-order valence-electron chi connectivity index (χ0n) is 11.1.